The predicted molar refractivity (Wildman–Crippen MR) is 55.1 cm³/mol. The molecule has 1 aliphatic rings. The van der Waals surface area contributed by atoms with E-state index in [1.165, 1.54) is 17.7 Å². The van der Waals surface area contributed by atoms with Gasteiger partial charge >= 0.3 is 0 Å². The Kier molecular flexibility index (Phi) is 2.87. The minimum Gasteiger partial charge on any atom is -0.396 e. The summed E-state index contributed by atoms with van der Waals surface area (Å²) in [4.78, 5) is 0. The molecule has 0 amide bonds. The van der Waals surface area contributed by atoms with Crippen molar-refractivity contribution in [2.75, 3.05) is 6.61 Å². The van der Waals surface area contributed by atoms with Crippen LogP contribution >= 0.6 is 0 Å². The van der Waals surface area contributed by atoms with Crippen molar-refractivity contribution in [3.05, 3.63) is 17.5 Å². The monoisotopic (exact) mass is 194 g/mol. The molecular formula is C11H18N2O. The van der Waals surface area contributed by atoms with Crippen LogP contribution < -0.4 is 0 Å². The SMILES string of the molecule is CCn1ncc2c1C[C@@H](CO)CCC2. The molecule has 2 rings (SSSR count). The molecule has 1 N–H and O–H groups in total. The maximum absolute atomic E-state index is 9.21. The van der Waals surface area contributed by atoms with E-state index in [-0.39, 0.29) is 0 Å². The van der Waals surface area contributed by atoms with E-state index < -0.39 is 0 Å². The van der Waals surface area contributed by atoms with E-state index in [9.17, 15) is 5.11 Å². The molecule has 0 bridgehead atoms. The number of hydrogen-bond acceptors (Lipinski definition) is 2. The average Bonchev–Trinajstić information content (AvgIpc) is 2.47. The molecule has 0 aromatic carbocycles. The summed E-state index contributed by atoms with van der Waals surface area (Å²) in [6.45, 7) is 3.37. The molecule has 3 heteroatoms. The standard InChI is InChI=1S/C11H18N2O/c1-2-13-11-6-9(8-14)4-3-5-10(11)7-12-13/h7,9,14H,2-6,8H2,1H3/t9-/m0/s1. The quantitative estimate of drug-likeness (QED) is 0.722. The van der Waals surface area contributed by atoms with Crippen LogP contribution in [0.25, 0.3) is 0 Å². The van der Waals surface area contributed by atoms with E-state index >= 15 is 0 Å². The van der Waals surface area contributed by atoms with Crippen molar-refractivity contribution < 1.29 is 5.11 Å². The second kappa shape index (κ2) is 4.13. The third kappa shape index (κ3) is 1.69. The molecule has 1 aromatic heterocycles. The molecular weight excluding hydrogens is 176 g/mol. The molecule has 1 heterocycles. The Balaban J connectivity index is 2.26. The summed E-state index contributed by atoms with van der Waals surface area (Å²) in [5.74, 6) is 0.443. The molecule has 3 nitrogen and oxygen atoms in total. The van der Waals surface area contributed by atoms with E-state index in [2.05, 4.69) is 16.7 Å². The lowest BCUT2D eigenvalue weighted by molar-refractivity contribution is 0.216. The smallest absolute Gasteiger partial charge is 0.0524 e. The third-order valence-corrected chi connectivity index (χ3v) is 3.13. The van der Waals surface area contributed by atoms with Gasteiger partial charge in [0.15, 0.2) is 0 Å². The lowest BCUT2D eigenvalue weighted by atomic mass is 10.0. The molecule has 14 heavy (non-hydrogen) atoms. The first-order valence-corrected chi connectivity index (χ1v) is 5.49. The number of hydrogen-bond donors (Lipinski definition) is 1. The predicted octanol–water partition coefficient (Wildman–Crippen LogP) is 1.39. The second-order valence-electron chi connectivity index (χ2n) is 4.08. The molecule has 0 radical (unpaired) electrons. The maximum Gasteiger partial charge on any atom is 0.0524 e. The first-order chi connectivity index (χ1) is 6.85. The molecule has 1 atom stereocenters. The summed E-state index contributed by atoms with van der Waals surface area (Å²) in [7, 11) is 0. The maximum atomic E-state index is 9.21. The zero-order valence-electron chi connectivity index (χ0n) is 8.74. The molecule has 0 unspecified atom stereocenters. The highest BCUT2D eigenvalue weighted by Crippen LogP contribution is 2.24. The summed E-state index contributed by atoms with van der Waals surface area (Å²) >= 11 is 0. The van der Waals surface area contributed by atoms with Gasteiger partial charge in [0.1, 0.15) is 0 Å². The minimum absolute atomic E-state index is 0.314. The highest BCUT2D eigenvalue weighted by molar-refractivity contribution is 5.20. The number of nitrogens with zero attached hydrogens (tertiary/aromatic N) is 2. The number of aromatic nitrogens is 2. The summed E-state index contributed by atoms with van der Waals surface area (Å²) in [5.41, 5.74) is 2.74. The van der Waals surface area contributed by atoms with E-state index in [4.69, 9.17) is 0 Å². The average molecular weight is 194 g/mol. The van der Waals surface area contributed by atoms with Gasteiger partial charge in [0, 0.05) is 18.8 Å². The lowest BCUT2D eigenvalue weighted by Gasteiger charge is -2.11. The summed E-state index contributed by atoms with van der Waals surface area (Å²) in [6.07, 6.45) is 6.46. The van der Waals surface area contributed by atoms with Crippen molar-refractivity contribution in [1.82, 2.24) is 9.78 Å². The Morgan fingerprint density at radius 1 is 1.64 bits per heavy atom. The molecule has 0 aliphatic heterocycles. The Hall–Kier alpha value is -0.830. The molecule has 0 saturated carbocycles. The minimum atomic E-state index is 0.314. The van der Waals surface area contributed by atoms with Crippen molar-refractivity contribution >= 4 is 0 Å². The molecule has 0 spiro atoms. The largest absolute Gasteiger partial charge is 0.396 e. The van der Waals surface area contributed by atoms with Gasteiger partial charge in [-0.05, 0) is 44.1 Å². The van der Waals surface area contributed by atoms with Gasteiger partial charge < -0.3 is 5.11 Å². The van der Waals surface area contributed by atoms with Gasteiger partial charge in [-0.15, -0.1) is 0 Å². The summed E-state index contributed by atoms with van der Waals surface area (Å²) in [6, 6.07) is 0. The Labute approximate surface area is 84.7 Å². The molecule has 1 aromatic rings. The highest BCUT2D eigenvalue weighted by Gasteiger charge is 2.19. The van der Waals surface area contributed by atoms with Crippen LogP contribution in [0.15, 0.2) is 6.20 Å². The van der Waals surface area contributed by atoms with Crippen LogP contribution in [0.5, 0.6) is 0 Å². The number of aliphatic hydroxyl groups excluding tert-OH is 1. The van der Waals surface area contributed by atoms with Crippen LogP contribution in [-0.2, 0) is 19.4 Å². The van der Waals surface area contributed by atoms with Gasteiger partial charge in [-0.25, -0.2) is 0 Å². The number of aryl methyl sites for hydroxylation is 2. The fourth-order valence-corrected chi connectivity index (χ4v) is 2.28. The Morgan fingerprint density at radius 3 is 3.21 bits per heavy atom. The van der Waals surface area contributed by atoms with Gasteiger partial charge in [-0.2, -0.15) is 5.10 Å². The van der Waals surface area contributed by atoms with Crippen molar-refractivity contribution in [3.63, 3.8) is 0 Å². The van der Waals surface area contributed by atoms with Crippen LogP contribution in [-0.4, -0.2) is 21.5 Å². The number of rotatable bonds is 2. The normalized spacial score (nSPS) is 21.7. The van der Waals surface area contributed by atoms with Crippen molar-refractivity contribution in [2.24, 2.45) is 5.92 Å². The van der Waals surface area contributed by atoms with Gasteiger partial charge in [-0.3, -0.25) is 4.68 Å². The molecule has 0 fully saturated rings. The van der Waals surface area contributed by atoms with E-state index in [0.29, 0.717) is 12.5 Å². The number of aliphatic hydroxyl groups is 1. The summed E-state index contributed by atoms with van der Waals surface area (Å²) in [5, 5.41) is 13.6. The highest BCUT2D eigenvalue weighted by atomic mass is 16.3. The fourth-order valence-electron chi connectivity index (χ4n) is 2.28. The van der Waals surface area contributed by atoms with Gasteiger partial charge in [0.25, 0.3) is 0 Å². The van der Waals surface area contributed by atoms with Crippen LogP contribution in [0, 0.1) is 5.92 Å². The van der Waals surface area contributed by atoms with Crippen molar-refractivity contribution in [1.29, 1.82) is 0 Å². The van der Waals surface area contributed by atoms with Crippen LogP contribution in [0.3, 0.4) is 0 Å². The second-order valence-corrected chi connectivity index (χ2v) is 4.08. The van der Waals surface area contributed by atoms with Crippen molar-refractivity contribution in [3.8, 4) is 0 Å². The van der Waals surface area contributed by atoms with E-state index in [0.717, 1.165) is 25.8 Å². The van der Waals surface area contributed by atoms with Crippen LogP contribution in [0.1, 0.15) is 31.0 Å². The Morgan fingerprint density at radius 2 is 2.50 bits per heavy atom. The fraction of sp³-hybridized carbons (Fsp3) is 0.727. The topological polar surface area (TPSA) is 38.0 Å². The van der Waals surface area contributed by atoms with E-state index in [1.54, 1.807) is 0 Å². The van der Waals surface area contributed by atoms with Gasteiger partial charge in [-0.1, -0.05) is 0 Å². The zero-order chi connectivity index (χ0) is 9.97. The third-order valence-electron chi connectivity index (χ3n) is 3.13. The Bertz CT molecular complexity index is 306. The first kappa shape index (κ1) is 9.71. The molecule has 0 saturated heterocycles. The van der Waals surface area contributed by atoms with E-state index in [1.807, 2.05) is 6.20 Å². The van der Waals surface area contributed by atoms with Crippen LogP contribution in [0.4, 0.5) is 0 Å². The first-order valence-electron chi connectivity index (χ1n) is 5.49. The lowest BCUT2D eigenvalue weighted by Crippen LogP contribution is -2.12. The summed E-state index contributed by atoms with van der Waals surface area (Å²) < 4.78 is 2.07. The number of fused-ring (bicyclic) bond motifs is 1. The van der Waals surface area contributed by atoms with Gasteiger partial charge in [0.2, 0.25) is 0 Å². The van der Waals surface area contributed by atoms with Crippen LogP contribution in [0.2, 0.25) is 0 Å². The molecule has 78 valence electrons. The van der Waals surface area contributed by atoms with Crippen molar-refractivity contribution in [2.45, 2.75) is 39.2 Å². The zero-order valence-corrected chi connectivity index (χ0v) is 8.74. The molecule has 1 aliphatic carbocycles. The van der Waals surface area contributed by atoms with Gasteiger partial charge in [0.05, 0.1) is 6.20 Å².